The van der Waals surface area contributed by atoms with Crippen LogP contribution in [0.25, 0.3) is 0 Å². The fraction of sp³-hybridized carbons (Fsp3) is 0.889. The normalized spacial score (nSPS) is 13.5. The lowest BCUT2D eigenvalue weighted by atomic mass is 10.1. The molecule has 0 spiro atoms. The number of nitrogens with zero attached hydrogens (tertiary/aromatic N) is 2. The summed E-state index contributed by atoms with van der Waals surface area (Å²) in [4.78, 5) is 52.7. The molecule has 0 radical (unpaired) electrons. The standard InChI is InChI=1S/C18H33N3O10/c1-3-15(31-21(26)27)9-5-7-11-29-18(23)16(19)12-17(22)28-10-6-4-8-14(2)13-30-20(24)25/h14-16H,3-13,19H2,1-2H3. The summed E-state index contributed by atoms with van der Waals surface area (Å²) in [7, 11) is 0. The Kier molecular flexibility index (Phi) is 15.5. The van der Waals surface area contributed by atoms with Crippen LogP contribution in [0.15, 0.2) is 0 Å². The smallest absolute Gasteiger partial charge is 0.323 e. The zero-order valence-corrected chi connectivity index (χ0v) is 18.1. The number of carbonyl (C=O) groups is 2. The largest absolute Gasteiger partial charge is 0.466 e. The van der Waals surface area contributed by atoms with Gasteiger partial charge in [0.1, 0.15) is 12.1 Å². The predicted molar refractivity (Wildman–Crippen MR) is 106 cm³/mol. The van der Waals surface area contributed by atoms with Crippen LogP contribution in [0, 0.1) is 26.1 Å². The molecule has 0 saturated carbocycles. The zero-order valence-electron chi connectivity index (χ0n) is 18.1. The summed E-state index contributed by atoms with van der Waals surface area (Å²) in [6.07, 6.45) is 3.22. The Balaban J connectivity index is 3.80. The van der Waals surface area contributed by atoms with Gasteiger partial charge in [0.05, 0.1) is 26.2 Å². The number of nitrogens with two attached hydrogens (primary N) is 1. The molecule has 3 atom stereocenters. The summed E-state index contributed by atoms with van der Waals surface area (Å²) < 4.78 is 10.0. The number of carbonyl (C=O) groups excluding carboxylic acids is 2. The van der Waals surface area contributed by atoms with Crippen LogP contribution in [0.4, 0.5) is 0 Å². The first-order valence-corrected chi connectivity index (χ1v) is 10.3. The van der Waals surface area contributed by atoms with Crippen molar-refractivity contribution < 1.29 is 38.9 Å². The Morgan fingerprint density at radius 2 is 1.58 bits per heavy atom. The lowest BCUT2D eigenvalue weighted by Gasteiger charge is -2.13. The van der Waals surface area contributed by atoms with Gasteiger partial charge in [-0.2, -0.15) is 0 Å². The lowest BCUT2D eigenvalue weighted by molar-refractivity contribution is -0.768. The Morgan fingerprint density at radius 1 is 0.968 bits per heavy atom. The van der Waals surface area contributed by atoms with Gasteiger partial charge in [-0.25, -0.2) is 0 Å². The fourth-order valence-electron chi connectivity index (χ4n) is 2.58. The van der Waals surface area contributed by atoms with Crippen LogP contribution in [0.3, 0.4) is 0 Å². The summed E-state index contributed by atoms with van der Waals surface area (Å²) >= 11 is 0. The van der Waals surface area contributed by atoms with Crippen LogP contribution in [0.1, 0.15) is 65.2 Å². The Labute approximate surface area is 180 Å². The van der Waals surface area contributed by atoms with Crippen molar-refractivity contribution in [3.05, 3.63) is 20.2 Å². The van der Waals surface area contributed by atoms with E-state index in [1.807, 2.05) is 6.92 Å². The van der Waals surface area contributed by atoms with E-state index in [1.54, 1.807) is 6.92 Å². The van der Waals surface area contributed by atoms with Crippen LogP contribution >= 0.6 is 0 Å². The van der Waals surface area contributed by atoms with Gasteiger partial charge in [0.25, 0.3) is 10.2 Å². The van der Waals surface area contributed by atoms with Gasteiger partial charge < -0.3 is 24.9 Å². The fourth-order valence-corrected chi connectivity index (χ4v) is 2.58. The van der Waals surface area contributed by atoms with Gasteiger partial charge >= 0.3 is 11.9 Å². The van der Waals surface area contributed by atoms with E-state index in [0.717, 1.165) is 0 Å². The molecule has 0 aromatic rings. The van der Waals surface area contributed by atoms with E-state index in [2.05, 4.69) is 9.68 Å². The summed E-state index contributed by atoms with van der Waals surface area (Å²) in [6, 6.07) is -1.13. The molecule has 0 aliphatic carbocycles. The molecule has 180 valence electrons. The van der Waals surface area contributed by atoms with E-state index >= 15 is 0 Å². The molecule has 2 N–H and O–H groups in total. The molecule has 0 heterocycles. The average molecular weight is 451 g/mol. The van der Waals surface area contributed by atoms with E-state index in [4.69, 9.17) is 15.2 Å². The number of unbranched alkanes of at least 4 members (excludes halogenated alkanes) is 2. The first-order valence-electron chi connectivity index (χ1n) is 10.3. The van der Waals surface area contributed by atoms with Gasteiger partial charge in [-0.05, 0) is 50.9 Å². The van der Waals surface area contributed by atoms with Gasteiger partial charge in [-0.1, -0.05) is 13.8 Å². The molecule has 0 bridgehead atoms. The summed E-state index contributed by atoms with van der Waals surface area (Å²) in [5.41, 5.74) is 5.65. The second kappa shape index (κ2) is 17.0. The maximum absolute atomic E-state index is 11.8. The SMILES string of the molecule is CCC(CCCCOC(=O)C(N)CC(=O)OCCCCC(C)CO[N+](=O)[O-])O[N+](=O)[O-]. The van der Waals surface area contributed by atoms with Gasteiger partial charge in [-0.3, -0.25) is 9.59 Å². The van der Waals surface area contributed by atoms with Crippen molar-refractivity contribution in [3.8, 4) is 0 Å². The summed E-state index contributed by atoms with van der Waals surface area (Å²) in [6.45, 7) is 3.88. The minimum atomic E-state index is -1.13. The third-order valence-corrected chi connectivity index (χ3v) is 4.36. The highest BCUT2D eigenvalue weighted by molar-refractivity contribution is 5.82. The summed E-state index contributed by atoms with van der Waals surface area (Å²) in [5, 5.41) is 18.8. The highest BCUT2D eigenvalue weighted by Crippen LogP contribution is 2.10. The monoisotopic (exact) mass is 451 g/mol. The third kappa shape index (κ3) is 16.7. The molecular formula is C18H33N3O10. The highest BCUT2D eigenvalue weighted by Gasteiger charge is 2.20. The molecule has 3 unspecified atom stereocenters. The molecule has 13 nitrogen and oxygen atoms in total. The molecule has 0 aromatic carbocycles. The van der Waals surface area contributed by atoms with Crippen molar-refractivity contribution >= 4 is 11.9 Å². The van der Waals surface area contributed by atoms with Crippen molar-refractivity contribution in [2.45, 2.75) is 77.4 Å². The van der Waals surface area contributed by atoms with Crippen molar-refractivity contribution in [2.24, 2.45) is 11.7 Å². The number of rotatable bonds is 19. The second-order valence-electron chi connectivity index (χ2n) is 7.17. The van der Waals surface area contributed by atoms with Crippen LogP contribution in [-0.4, -0.2) is 54.1 Å². The Bertz CT molecular complexity index is 561. The molecule has 0 rings (SSSR count). The Hall–Kier alpha value is -2.70. The van der Waals surface area contributed by atoms with Crippen LogP contribution < -0.4 is 5.73 Å². The van der Waals surface area contributed by atoms with E-state index in [1.165, 1.54) is 0 Å². The minimum absolute atomic E-state index is 0.0118. The van der Waals surface area contributed by atoms with Gasteiger partial charge in [-0.15, -0.1) is 20.2 Å². The molecule has 13 heteroatoms. The molecule has 0 aliphatic heterocycles. The predicted octanol–water partition coefficient (Wildman–Crippen LogP) is 1.96. The maximum atomic E-state index is 11.8. The molecule has 31 heavy (non-hydrogen) atoms. The Morgan fingerprint density at radius 3 is 2.16 bits per heavy atom. The number of hydrogen-bond acceptors (Lipinski definition) is 11. The van der Waals surface area contributed by atoms with E-state index in [0.29, 0.717) is 44.9 Å². The van der Waals surface area contributed by atoms with Crippen molar-refractivity contribution in [1.82, 2.24) is 0 Å². The van der Waals surface area contributed by atoms with E-state index in [-0.39, 0.29) is 32.2 Å². The van der Waals surface area contributed by atoms with E-state index < -0.39 is 34.3 Å². The molecule has 0 saturated heterocycles. The topological polar surface area (TPSA) is 183 Å². The quantitative estimate of drug-likeness (QED) is 0.131. The minimum Gasteiger partial charge on any atom is -0.466 e. The van der Waals surface area contributed by atoms with Crippen molar-refractivity contribution in [3.63, 3.8) is 0 Å². The number of hydrogen-bond donors (Lipinski definition) is 1. The molecule has 0 amide bonds. The van der Waals surface area contributed by atoms with Crippen LogP contribution in [0.2, 0.25) is 0 Å². The second-order valence-corrected chi connectivity index (χ2v) is 7.17. The van der Waals surface area contributed by atoms with Gasteiger partial charge in [0.2, 0.25) is 0 Å². The maximum Gasteiger partial charge on any atom is 0.323 e. The molecule has 0 fully saturated rings. The first-order chi connectivity index (χ1) is 14.6. The average Bonchev–Trinajstić information content (AvgIpc) is 2.70. The van der Waals surface area contributed by atoms with Crippen LogP contribution in [-0.2, 0) is 28.7 Å². The molecule has 0 aromatic heterocycles. The van der Waals surface area contributed by atoms with Gasteiger partial charge in [0.15, 0.2) is 0 Å². The number of ether oxygens (including phenoxy) is 2. The van der Waals surface area contributed by atoms with E-state index in [9.17, 15) is 29.8 Å². The summed E-state index contributed by atoms with van der Waals surface area (Å²) in [5.74, 6) is -1.32. The van der Waals surface area contributed by atoms with Crippen LogP contribution in [0.5, 0.6) is 0 Å². The highest BCUT2D eigenvalue weighted by atomic mass is 17.0. The third-order valence-electron chi connectivity index (χ3n) is 4.36. The van der Waals surface area contributed by atoms with Crippen molar-refractivity contribution in [1.29, 1.82) is 0 Å². The van der Waals surface area contributed by atoms with Crippen molar-refractivity contribution in [2.75, 3.05) is 19.8 Å². The van der Waals surface area contributed by atoms with Gasteiger partial charge in [0, 0.05) is 0 Å². The zero-order chi connectivity index (χ0) is 23.6. The molecular weight excluding hydrogens is 418 g/mol. The lowest BCUT2D eigenvalue weighted by Crippen LogP contribution is -2.35. The molecule has 0 aliphatic rings. The number of esters is 2. The first kappa shape index (κ1) is 28.3.